The number of sulfone groups is 1. The summed E-state index contributed by atoms with van der Waals surface area (Å²) in [6.07, 6.45) is 3.09. The van der Waals surface area contributed by atoms with Crippen molar-refractivity contribution >= 4 is 21.4 Å². The third kappa shape index (κ3) is 5.22. The van der Waals surface area contributed by atoms with Crippen LogP contribution in [0.15, 0.2) is 77.8 Å². The van der Waals surface area contributed by atoms with Crippen LogP contribution >= 0.6 is 11.6 Å². The van der Waals surface area contributed by atoms with Crippen molar-refractivity contribution in [3.8, 4) is 16.8 Å². The first-order valence-electron chi connectivity index (χ1n) is 10.6. The second-order valence-corrected chi connectivity index (χ2v) is 11.2. The summed E-state index contributed by atoms with van der Waals surface area (Å²) in [5.74, 6) is 0.162. The average Bonchev–Trinajstić information content (AvgIpc) is 3.20. The van der Waals surface area contributed by atoms with Gasteiger partial charge in [0.25, 0.3) is 0 Å². The molecule has 0 atom stereocenters. The van der Waals surface area contributed by atoms with E-state index in [9.17, 15) is 17.9 Å². The van der Waals surface area contributed by atoms with Gasteiger partial charge in [-0.15, -0.1) is 0 Å². The van der Waals surface area contributed by atoms with Gasteiger partial charge in [0.2, 0.25) is 0 Å². The minimum atomic E-state index is -3.31. The molecule has 4 aromatic rings. The number of imidazole rings is 1. The van der Waals surface area contributed by atoms with Crippen LogP contribution in [0.1, 0.15) is 30.9 Å². The largest absolute Gasteiger partial charge is 0.384 e. The van der Waals surface area contributed by atoms with Gasteiger partial charge in [0.1, 0.15) is 17.2 Å². The molecule has 4 rings (SSSR count). The van der Waals surface area contributed by atoms with Crippen molar-refractivity contribution in [3.05, 3.63) is 101 Å². The van der Waals surface area contributed by atoms with Gasteiger partial charge in [0, 0.05) is 29.6 Å². The Labute approximate surface area is 203 Å². The topological polar surface area (TPSA) is 72.2 Å². The van der Waals surface area contributed by atoms with Crippen LogP contribution in [0, 0.1) is 5.82 Å². The van der Waals surface area contributed by atoms with Gasteiger partial charge in [-0.2, -0.15) is 0 Å². The quantitative estimate of drug-likeness (QED) is 0.378. The van der Waals surface area contributed by atoms with E-state index in [4.69, 9.17) is 11.6 Å². The zero-order valence-electron chi connectivity index (χ0n) is 19.0. The van der Waals surface area contributed by atoms with Crippen molar-refractivity contribution in [3.63, 3.8) is 0 Å². The highest BCUT2D eigenvalue weighted by atomic mass is 35.5. The van der Waals surface area contributed by atoms with Gasteiger partial charge in [-0.3, -0.25) is 0 Å². The second kappa shape index (κ2) is 8.98. The maximum Gasteiger partial charge on any atom is 0.175 e. The molecule has 3 aromatic carbocycles. The van der Waals surface area contributed by atoms with Crippen molar-refractivity contribution in [1.82, 2.24) is 9.55 Å². The number of aliphatic hydroxyl groups is 1. The van der Waals surface area contributed by atoms with E-state index < -0.39 is 15.4 Å². The molecule has 1 aromatic heterocycles. The highest BCUT2D eigenvalue weighted by molar-refractivity contribution is 7.90. The molecule has 1 N–H and O–H groups in total. The molecule has 1 heterocycles. The Balaban J connectivity index is 1.74. The van der Waals surface area contributed by atoms with Gasteiger partial charge >= 0.3 is 0 Å². The Hall–Kier alpha value is -3.00. The molecule has 0 aliphatic carbocycles. The van der Waals surface area contributed by atoms with E-state index in [1.165, 1.54) is 18.4 Å². The standard InChI is InChI=1S/C26H24ClFN2O3S/c1-26(2,31)24-16-30(25(29-24)15-19-13-20(27)9-12-23(19)28)21-10-7-17(8-11-21)18-5-4-6-22(14-18)34(3,32)33/h4-14,16,31H,15H2,1-3H3. The molecule has 34 heavy (non-hydrogen) atoms. The summed E-state index contributed by atoms with van der Waals surface area (Å²) in [4.78, 5) is 4.83. The average molecular weight is 499 g/mol. The van der Waals surface area contributed by atoms with Crippen LogP contribution in [-0.2, 0) is 21.9 Å². The number of rotatable bonds is 6. The van der Waals surface area contributed by atoms with Crippen molar-refractivity contribution in [2.24, 2.45) is 0 Å². The minimum absolute atomic E-state index is 0.181. The lowest BCUT2D eigenvalue weighted by atomic mass is 10.1. The first kappa shape index (κ1) is 24.1. The zero-order valence-corrected chi connectivity index (χ0v) is 20.5. The first-order valence-corrected chi connectivity index (χ1v) is 12.8. The van der Waals surface area contributed by atoms with Gasteiger partial charge in [0.15, 0.2) is 9.84 Å². The maximum atomic E-state index is 14.4. The first-order chi connectivity index (χ1) is 15.9. The molecule has 0 aliphatic heterocycles. The van der Waals surface area contributed by atoms with Gasteiger partial charge < -0.3 is 9.67 Å². The molecular formula is C26H24ClFN2O3S. The molecular weight excluding hydrogens is 475 g/mol. The van der Waals surface area contributed by atoms with Gasteiger partial charge in [-0.25, -0.2) is 17.8 Å². The van der Waals surface area contributed by atoms with Crippen molar-refractivity contribution in [2.75, 3.05) is 6.26 Å². The highest BCUT2D eigenvalue weighted by Gasteiger charge is 2.23. The summed E-state index contributed by atoms with van der Waals surface area (Å²) < 4.78 is 40.0. The summed E-state index contributed by atoms with van der Waals surface area (Å²) in [7, 11) is -3.31. The van der Waals surface area contributed by atoms with Crippen molar-refractivity contribution < 1.29 is 17.9 Å². The Morgan fingerprint density at radius 2 is 1.74 bits per heavy atom. The van der Waals surface area contributed by atoms with Gasteiger partial charge in [-0.05, 0) is 73.0 Å². The number of benzene rings is 3. The number of hydrogen-bond acceptors (Lipinski definition) is 4. The summed E-state index contributed by atoms with van der Waals surface area (Å²) in [5.41, 5.74) is 2.06. The van der Waals surface area contributed by atoms with Gasteiger partial charge in [-0.1, -0.05) is 35.9 Å². The molecule has 5 nitrogen and oxygen atoms in total. The lowest BCUT2D eigenvalue weighted by molar-refractivity contribution is 0.0741. The lowest BCUT2D eigenvalue weighted by Gasteiger charge is -2.13. The molecule has 0 saturated carbocycles. The third-order valence-electron chi connectivity index (χ3n) is 5.50. The lowest BCUT2D eigenvalue weighted by Crippen LogP contribution is -2.16. The van der Waals surface area contributed by atoms with E-state index >= 15 is 0 Å². The Morgan fingerprint density at radius 3 is 2.38 bits per heavy atom. The Morgan fingerprint density at radius 1 is 1.03 bits per heavy atom. The monoisotopic (exact) mass is 498 g/mol. The fourth-order valence-corrected chi connectivity index (χ4v) is 4.49. The van der Waals surface area contributed by atoms with E-state index in [0.717, 1.165) is 16.8 Å². The second-order valence-electron chi connectivity index (χ2n) is 8.73. The van der Waals surface area contributed by atoms with Crippen LogP contribution in [0.3, 0.4) is 0 Å². The molecule has 0 fully saturated rings. The van der Waals surface area contributed by atoms with E-state index in [1.807, 2.05) is 34.9 Å². The van der Waals surface area contributed by atoms with Crippen LogP contribution < -0.4 is 0 Å². The van der Waals surface area contributed by atoms with Crippen LogP contribution in [0.4, 0.5) is 4.39 Å². The molecule has 0 amide bonds. The van der Waals surface area contributed by atoms with E-state index in [-0.39, 0.29) is 17.1 Å². The number of halogens is 2. The SMILES string of the molecule is CC(C)(O)c1cn(-c2ccc(-c3cccc(S(C)(=O)=O)c3)cc2)c(Cc2cc(Cl)ccc2F)n1. The van der Waals surface area contributed by atoms with Gasteiger partial charge in [0.05, 0.1) is 10.6 Å². The fourth-order valence-electron chi connectivity index (χ4n) is 3.63. The smallest absolute Gasteiger partial charge is 0.175 e. The zero-order chi connectivity index (χ0) is 24.7. The van der Waals surface area contributed by atoms with Crippen LogP contribution in [0.2, 0.25) is 5.02 Å². The van der Waals surface area contributed by atoms with Crippen molar-refractivity contribution in [2.45, 2.75) is 30.8 Å². The van der Waals surface area contributed by atoms with Crippen molar-refractivity contribution in [1.29, 1.82) is 0 Å². The number of nitrogens with zero attached hydrogens (tertiary/aromatic N) is 2. The van der Waals surface area contributed by atoms with Crippen LogP contribution in [0.25, 0.3) is 16.8 Å². The summed E-state index contributed by atoms with van der Waals surface area (Å²) in [5, 5.41) is 10.9. The Bertz CT molecular complexity index is 1460. The summed E-state index contributed by atoms with van der Waals surface area (Å²) in [6.45, 7) is 3.28. The molecule has 8 heteroatoms. The van der Waals surface area contributed by atoms with E-state index in [1.54, 1.807) is 44.3 Å². The summed E-state index contributed by atoms with van der Waals surface area (Å²) >= 11 is 6.06. The normalized spacial score (nSPS) is 12.2. The third-order valence-corrected chi connectivity index (χ3v) is 6.85. The molecule has 0 radical (unpaired) electrons. The predicted octanol–water partition coefficient (Wildman–Crippen LogP) is 5.55. The van der Waals surface area contributed by atoms with Crippen LogP contribution in [-0.4, -0.2) is 29.3 Å². The molecule has 0 spiro atoms. The molecule has 0 bridgehead atoms. The molecule has 0 aliphatic rings. The van der Waals surface area contributed by atoms with Crippen LogP contribution in [0.5, 0.6) is 0 Å². The predicted molar refractivity (Wildman–Crippen MR) is 132 cm³/mol. The Kier molecular flexibility index (Phi) is 6.38. The van der Waals surface area contributed by atoms with E-state index in [2.05, 4.69) is 4.98 Å². The summed E-state index contributed by atoms with van der Waals surface area (Å²) in [6, 6.07) is 18.6. The number of aromatic nitrogens is 2. The molecule has 0 unspecified atom stereocenters. The number of hydrogen-bond donors (Lipinski definition) is 1. The van der Waals surface area contributed by atoms with E-state index in [0.29, 0.717) is 22.1 Å². The maximum absolute atomic E-state index is 14.4. The molecule has 176 valence electrons. The highest BCUT2D eigenvalue weighted by Crippen LogP contribution is 2.27. The minimum Gasteiger partial charge on any atom is -0.384 e. The fraction of sp³-hybridized carbons (Fsp3) is 0.192. The molecule has 0 saturated heterocycles.